The summed E-state index contributed by atoms with van der Waals surface area (Å²) in [6.07, 6.45) is 11.4. The zero-order valence-electron chi connectivity index (χ0n) is 30.8. The number of nitrogens with one attached hydrogen (secondary N) is 2. The lowest BCUT2D eigenvalue weighted by Crippen LogP contribution is -2.44. The van der Waals surface area contributed by atoms with Gasteiger partial charge in [0.25, 0.3) is 0 Å². The fourth-order valence-corrected chi connectivity index (χ4v) is 6.84. The maximum atomic E-state index is 12.5. The molecule has 3 heterocycles. The largest absolute Gasteiger partial charge is 0.405 e. The van der Waals surface area contributed by atoms with Crippen LogP contribution in [-0.2, 0) is 22.4 Å². The summed E-state index contributed by atoms with van der Waals surface area (Å²) in [5.74, 6) is 1.15. The minimum absolute atomic E-state index is 0.0553. The van der Waals surface area contributed by atoms with Gasteiger partial charge in [-0.15, -0.1) is 5.10 Å². The van der Waals surface area contributed by atoms with Crippen molar-refractivity contribution in [2.45, 2.75) is 50.9 Å². The quantitative estimate of drug-likeness (QED) is 0.229. The number of amides is 2. The van der Waals surface area contributed by atoms with E-state index in [0.29, 0.717) is 24.6 Å². The summed E-state index contributed by atoms with van der Waals surface area (Å²) in [5.41, 5.74) is 16.3. The van der Waals surface area contributed by atoms with Gasteiger partial charge in [0.2, 0.25) is 11.8 Å². The topological polar surface area (TPSA) is 149 Å². The van der Waals surface area contributed by atoms with Crippen LogP contribution in [0.15, 0.2) is 84.8 Å². The van der Waals surface area contributed by atoms with Gasteiger partial charge in [0, 0.05) is 69.7 Å². The fraction of sp³-hybridized carbons (Fsp3) is 0.450. The van der Waals surface area contributed by atoms with E-state index in [1.807, 2.05) is 36.4 Å². The van der Waals surface area contributed by atoms with Crippen molar-refractivity contribution in [3.63, 3.8) is 0 Å². The molecule has 2 aliphatic heterocycles. The molecule has 6 N–H and O–H groups in total. The number of nitrogens with zero attached hydrogens (tertiary/aromatic N) is 6. The molecule has 2 saturated heterocycles. The number of piperazine rings is 2. The number of hydrogen-bond donors (Lipinski definition) is 4. The molecule has 2 amide bonds. The van der Waals surface area contributed by atoms with Crippen LogP contribution in [0, 0.1) is 0 Å². The van der Waals surface area contributed by atoms with Crippen molar-refractivity contribution in [2.24, 2.45) is 11.5 Å². The molecule has 0 atom stereocenters. The van der Waals surface area contributed by atoms with Crippen molar-refractivity contribution in [3.05, 3.63) is 102 Å². The van der Waals surface area contributed by atoms with Crippen LogP contribution in [0.3, 0.4) is 0 Å². The second kappa shape index (κ2) is 19.6. The third-order valence-electron chi connectivity index (χ3n) is 9.93. The summed E-state index contributed by atoms with van der Waals surface area (Å²) in [7, 11) is 4.29. The van der Waals surface area contributed by atoms with E-state index in [2.05, 4.69) is 78.8 Å². The Kier molecular flexibility index (Phi) is 14.4. The van der Waals surface area contributed by atoms with Gasteiger partial charge < -0.3 is 41.7 Å². The molecule has 0 spiro atoms. The van der Waals surface area contributed by atoms with E-state index in [0.717, 1.165) is 74.9 Å². The molecule has 0 unspecified atom stereocenters. The lowest BCUT2D eigenvalue weighted by atomic mass is 9.87. The molecule has 2 aromatic carbocycles. The van der Waals surface area contributed by atoms with Crippen molar-refractivity contribution < 1.29 is 9.59 Å². The normalized spacial score (nSPS) is 17.8. The second-order valence-corrected chi connectivity index (χ2v) is 14.1. The predicted molar refractivity (Wildman–Crippen MR) is 210 cm³/mol. The number of benzene rings is 2. The van der Waals surface area contributed by atoms with Crippen molar-refractivity contribution in [2.75, 3.05) is 81.6 Å². The number of allylic oxidation sites excluding steroid dienone is 2. The van der Waals surface area contributed by atoms with E-state index in [4.69, 9.17) is 11.5 Å². The number of anilines is 3. The summed E-state index contributed by atoms with van der Waals surface area (Å²) >= 11 is 0. The molecule has 12 heteroatoms. The van der Waals surface area contributed by atoms with Crippen LogP contribution < -0.4 is 31.9 Å². The van der Waals surface area contributed by atoms with Crippen molar-refractivity contribution in [3.8, 4) is 0 Å². The van der Waals surface area contributed by atoms with Gasteiger partial charge in [-0.25, -0.2) is 0 Å². The number of carbonyl (C=O) groups is 2. The predicted octanol–water partition coefficient (Wildman–Crippen LogP) is 3.83. The van der Waals surface area contributed by atoms with Crippen molar-refractivity contribution >= 4 is 29.0 Å². The lowest BCUT2D eigenvalue weighted by molar-refractivity contribution is -0.119. The van der Waals surface area contributed by atoms with Gasteiger partial charge in [-0.1, -0.05) is 43.5 Å². The van der Waals surface area contributed by atoms with Gasteiger partial charge >= 0.3 is 0 Å². The Bertz CT molecular complexity index is 1640. The summed E-state index contributed by atoms with van der Waals surface area (Å²) < 4.78 is 0. The van der Waals surface area contributed by atoms with Crippen LogP contribution in [0.1, 0.15) is 54.8 Å². The van der Waals surface area contributed by atoms with Gasteiger partial charge in [0.05, 0.1) is 18.5 Å². The van der Waals surface area contributed by atoms with E-state index in [9.17, 15) is 9.59 Å². The molecular formula is C40H56N10O2. The van der Waals surface area contributed by atoms with Crippen LogP contribution in [0.2, 0.25) is 0 Å². The Morgan fingerprint density at radius 1 is 0.750 bits per heavy atom. The Morgan fingerprint density at radius 2 is 1.31 bits per heavy atom. The van der Waals surface area contributed by atoms with Gasteiger partial charge in [0.15, 0.2) is 5.82 Å². The van der Waals surface area contributed by atoms with Crippen LogP contribution in [-0.4, -0.2) is 98.3 Å². The van der Waals surface area contributed by atoms with Gasteiger partial charge in [0.1, 0.15) is 5.82 Å². The van der Waals surface area contributed by atoms with E-state index in [1.54, 1.807) is 12.2 Å². The third-order valence-corrected chi connectivity index (χ3v) is 9.93. The third kappa shape index (κ3) is 12.1. The standard InChI is InChI=1S/C23H31N5O.C17H25N5O/c1-27-12-14-28(15-13-27)20-9-5-6-18(16-20)17-23(29)24-22-11-10-21(25-26-22)19-7-3-2-4-8-19;1-21-8-10-22(11-9-21)15-5-2-4-14(12-15)13-17(23)20-16(19)6-3-7-18/h5-6,9-11,16,19H,2-4,7-8,12-15,17H2,1H3,(H,24,26,29);2-7,12H,8-11,13,18-19H2,1H3,(H,20,23)/b;7-3-,16-6+. The molecule has 3 fully saturated rings. The number of likely N-dealkylation sites (N-methyl/N-ethyl adjacent to an activating group) is 2. The SMILES string of the molecule is CN1CCN(c2cccc(CC(=O)N/C(N)=C/C=C\N)c2)CC1.CN1CCN(c2cccc(CC(=O)Nc3ccc(C4CCCCC4)nn3)c2)CC1. The minimum atomic E-state index is -0.139. The van der Waals surface area contributed by atoms with Gasteiger partial charge in [-0.05, 0) is 92.8 Å². The molecule has 0 bridgehead atoms. The number of hydrogen-bond acceptors (Lipinski definition) is 10. The van der Waals surface area contributed by atoms with Crippen molar-refractivity contribution in [1.29, 1.82) is 0 Å². The molecule has 278 valence electrons. The van der Waals surface area contributed by atoms with Crippen LogP contribution >= 0.6 is 0 Å². The summed E-state index contributed by atoms with van der Waals surface area (Å²) in [4.78, 5) is 33.9. The van der Waals surface area contributed by atoms with Gasteiger partial charge in [-0.2, -0.15) is 5.10 Å². The highest BCUT2D eigenvalue weighted by Crippen LogP contribution is 2.31. The Balaban J connectivity index is 0.000000207. The molecular weight excluding hydrogens is 653 g/mol. The van der Waals surface area contributed by atoms with E-state index >= 15 is 0 Å². The first-order chi connectivity index (χ1) is 25.2. The average Bonchev–Trinajstić information content (AvgIpc) is 3.15. The molecule has 52 heavy (non-hydrogen) atoms. The van der Waals surface area contributed by atoms with E-state index in [-0.39, 0.29) is 17.6 Å². The number of carbonyl (C=O) groups excluding carboxylic acids is 2. The molecule has 3 aromatic rings. The first-order valence-corrected chi connectivity index (χ1v) is 18.6. The Labute approximate surface area is 308 Å². The van der Waals surface area contributed by atoms with Crippen molar-refractivity contribution in [1.82, 2.24) is 25.3 Å². The Hall–Kier alpha value is -4.94. The monoisotopic (exact) mass is 708 g/mol. The highest BCUT2D eigenvalue weighted by molar-refractivity contribution is 5.91. The summed E-state index contributed by atoms with van der Waals surface area (Å²) in [5, 5.41) is 14.1. The zero-order chi connectivity index (χ0) is 36.7. The highest BCUT2D eigenvalue weighted by atomic mass is 16.2. The number of rotatable bonds is 10. The number of nitrogens with two attached hydrogens (primary N) is 2. The first-order valence-electron chi connectivity index (χ1n) is 18.6. The molecule has 3 aliphatic rings. The molecule has 1 aromatic heterocycles. The second-order valence-electron chi connectivity index (χ2n) is 14.1. The average molecular weight is 709 g/mol. The summed E-state index contributed by atoms with van der Waals surface area (Å²) in [6, 6.07) is 20.3. The first kappa shape index (κ1) is 38.3. The van der Waals surface area contributed by atoms with Crippen LogP contribution in [0.5, 0.6) is 0 Å². The van der Waals surface area contributed by atoms with Crippen LogP contribution in [0.4, 0.5) is 17.2 Å². The molecule has 0 radical (unpaired) electrons. The summed E-state index contributed by atoms with van der Waals surface area (Å²) in [6.45, 7) is 8.31. The minimum Gasteiger partial charge on any atom is -0.405 e. The molecule has 1 saturated carbocycles. The maximum Gasteiger partial charge on any atom is 0.229 e. The number of aromatic nitrogens is 2. The zero-order valence-corrected chi connectivity index (χ0v) is 30.8. The lowest BCUT2D eigenvalue weighted by Gasteiger charge is -2.34. The van der Waals surface area contributed by atoms with E-state index in [1.165, 1.54) is 44.0 Å². The Morgan fingerprint density at radius 3 is 1.83 bits per heavy atom. The highest BCUT2D eigenvalue weighted by Gasteiger charge is 2.19. The smallest absolute Gasteiger partial charge is 0.229 e. The van der Waals surface area contributed by atoms with Crippen LogP contribution in [0.25, 0.3) is 0 Å². The van der Waals surface area contributed by atoms with Gasteiger partial charge in [-0.3, -0.25) is 9.59 Å². The molecule has 1 aliphatic carbocycles. The van der Waals surface area contributed by atoms with E-state index < -0.39 is 0 Å². The molecule has 6 rings (SSSR count). The fourth-order valence-electron chi connectivity index (χ4n) is 6.84. The maximum absolute atomic E-state index is 12.5. The molecule has 12 nitrogen and oxygen atoms in total.